The molecule has 2 aromatic carbocycles. The van der Waals surface area contributed by atoms with Crippen LogP contribution in [0.15, 0.2) is 47.3 Å². The summed E-state index contributed by atoms with van der Waals surface area (Å²) in [5.74, 6) is -0.339. The highest BCUT2D eigenvalue weighted by Gasteiger charge is 2.18. The Kier molecular flexibility index (Phi) is 6.06. The number of hydrogen-bond donors (Lipinski definition) is 1. The van der Waals surface area contributed by atoms with Crippen LogP contribution in [0.5, 0.6) is 0 Å². The number of thiazole rings is 1. The van der Waals surface area contributed by atoms with Gasteiger partial charge in [-0.25, -0.2) is 9.67 Å². The predicted octanol–water partition coefficient (Wildman–Crippen LogP) is 3.90. The van der Waals surface area contributed by atoms with Gasteiger partial charge in [-0.05, 0) is 30.7 Å². The van der Waals surface area contributed by atoms with E-state index in [2.05, 4.69) is 22.2 Å². The second-order valence-electron chi connectivity index (χ2n) is 8.01. The van der Waals surface area contributed by atoms with Gasteiger partial charge in [-0.1, -0.05) is 42.9 Å². The van der Waals surface area contributed by atoms with E-state index in [0.717, 1.165) is 41.3 Å². The first-order valence-electron chi connectivity index (χ1n) is 11.2. The number of carbonyl (C=O) groups is 1. The molecule has 1 aliphatic rings. The monoisotopic (exact) mass is 463 g/mol. The molecule has 33 heavy (non-hydrogen) atoms. The molecular formula is C24H25N5O3S. The van der Waals surface area contributed by atoms with Crippen LogP contribution in [0.4, 0.5) is 10.8 Å². The number of nitrogens with zero attached hydrogens (tertiary/aromatic N) is 4. The summed E-state index contributed by atoms with van der Waals surface area (Å²) < 4.78 is 7.83. The molecule has 9 heteroatoms. The van der Waals surface area contributed by atoms with Crippen molar-refractivity contribution in [1.29, 1.82) is 0 Å². The van der Waals surface area contributed by atoms with Gasteiger partial charge in [0.2, 0.25) is 0 Å². The molecule has 0 spiro atoms. The van der Waals surface area contributed by atoms with Gasteiger partial charge in [-0.3, -0.25) is 9.59 Å². The number of benzene rings is 2. The molecule has 0 atom stereocenters. The number of aromatic nitrogens is 3. The number of fused-ring (bicyclic) bond motifs is 2. The van der Waals surface area contributed by atoms with E-state index in [1.165, 1.54) is 4.68 Å². The normalized spacial score (nSPS) is 14.2. The molecule has 0 saturated carbocycles. The van der Waals surface area contributed by atoms with E-state index < -0.39 is 0 Å². The molecule has 2 aromatic heterocycles. The molecule has 1 saturated heterocycles. The lowest BCUT2D eigenvalue weighted by molar-refractivity contribution is 0.102. The molecule has 0 radical (unpaired) electrons. The zero-order valence-corrected chi connectivity index (χ0v) is 19.2. The third-order valence-corrected chi connectivity index (χ3v) is 6.80. The average Bonchev–Trinajstić information content (AvgIpc) is 3.28. The Bertz CT molecular complexity index is 1370. The number of aryl methyl sites for hydroxylation is 1. The molecule has 4 aromatic rings. The van der Waals surface area contributed by atoms with Gasteiger partial charge >= 0.3 is 0 Å². The SMILES string of the molecule is CCCCn1nc(C(=O)Nc2ccc3nc(N4CCOCC4)sc3c2)c2ccccc2c1=O. The molecule has 0 aliphatic carbocycles. The lowest BCUT2D eigenvalue weighted by Gasteiger charge is -2.25. The maximum atomic E-state index is 13.2. The van der Waals surface area contributed by atoms with E-state index in [4.69, 9.17) is 9.72 Å². The number of rotatable bonds is 6. The number of ether oxygens (including phenoxy) is 1. The van der Waals surface area contributed by atoms with Crippen LogP contribution in [-0.4, -0.2) is 47.0 Å². The van der Waals surface area contributed by atoms with Gasteiger partial charge in [-0.2, -0.15) is 5.10 Å². The molecule has 8 nitrogen and oxygen atoms in total. The Labute approximate surface area is 194 Å². The Morgan fingerprint density at radius 3 is 2.73 bits per heavy atom. The third-order valence-electron chi connectivity index (χ3n) is 5.72. The number of unbranched alkanes of at least 4 members (excludes halogenated alkanes) is 1. The standard InChI is InChI=1S/C24H25N5O3S/c1-2-3-10-29-23(31)18-7-5-4-6-17(18)21(27-29)22(30)25-16-8-9-19-20(15-16)33-24(26-19)28-11-13-32-14-12-28/h4-9,15H,2-3,10-14H2,1H3,(H,25,30). The minimum atomic E-state index is -0.339. The summed E-state index contributed by atoms with van der Waals surface area (Å²) >= 11 is 1.60. The summed E-state index contributed by atoms with van der Waals surface area (Å²) in [4.78, 5) is 33.0. The van der Waals surface area contributed by atoms with Crippen molar-refractivity contribution in [1.82, 2.24) is 14.8 Å². The molecular weight excluding hydrogens is 438 g/mol. The number of carbonyl (C=O) groups excluding carboxylic acids is 1. The largest absolute Gasteiger partial charge is 0.378 e. The highest BCUT2D eigenvalue weighted by molar-refractivity contribution is 7.22. The molecule has 1 amide bonds. The van der Waals surface area contributed by atoms with E-state index in [1.54, 1.807) is 29.5 Å². The van der Waals surface area contributed by atoms with Crippen molar-refractivity contribution in [2.75, 3.05) is 36.5 Å². The van der Waals surface area contributed by atoms with Gasteiger partial charge in [0.1, 0.15) is 0 Å². The van der Waals surface area contributed by atoms with Crippen molar-refractivity contribution >= 4 is 49.1 Å². The van der Waals surface area contributed by atoms with Crippen LogP contribution in [0.3, 0.4) is 0 Å². The van der Waals surface area contributed by atoms with Crippen LogP contribution in [-0.2, 0) is 11.3 Å². The second-order valence-corrected chi connectivity index (χ2v) is 9.02. The third kappa shape index (κ3) is 4.34. The number of anilines is 2. The van der Waals surface area contributed by atoms with Crippen LogP contribution in [0, 0.1) is 0 Å². The van der Waals surface area contributed by atoms with Crippen LogP contribution >= 0.6 is 11.3 Å². The van der Waals surface area contributed by atoms with E-state index in [0.29, 0.717) is 36.2 Å². The highest BCUT2D eigenvalue weighted by atomic mass is 32.1. The van der Waals surface area contributed by atoms with Crippen molar-refractivity contribution in [3.8, 4) is 0 Å². The summed E-state index contributed by atoms with van der Waals surface area (Å²) in [7, 11) is 0. The Hall–Kier alpha value is -3.30. The lowest BCUT2D eigenvalue weighted by atomic mass is 10.1. The minimum absolute atomic E-state index is 0.169. The van der Waals surface area contributed by atoms with E-state index in [1.807, 2.05) is 24.3 Å². The van der Waals surface area contributed by atoms with Crippen molar-refractivity contribution in [2.24, 2.45) is 0 Å². The van der Waals surface area contributed by atoms with Crippen LogP contribution < -0.4 is 15.8 Å². The zero-order valence-electron chi connectivity index (χ0n) is 18.4. The predicted molar refractivity (Wildman–Crippen MR) is 132 cm³/mol. The molecule has 1 N–H and O–H groups in total. The van der Waals surface area contributed by atoms with Gasteiger partial charge < -0.3 is 15.0 Å². The zero-order chi connectivity index (χ0) is 22.8. The van der Waals surface area contributed by atoms with E-state index in [9.17, 15) is 9.59 Å². The van der Waals surface area contributed by atoms with Crippen molar-refractivity contribution in [3.05, 3.63) is 58.5 Å². The van der Waals surface area contributed by atoms with Crippen LogP contribution in [0.2, 0.25) is 0 Å². The van der Waals surface area contributed by atoms with Crippen LogP contribution in [0.25, 0.3) is 21.0 Å². The first kappa shape index (κ1) is 21.5. The van der Waals surface area contributed by atoms with E-state index in [-0.39, 0.29) is 17.2 Å². The van der Waals surface area contributed by atoms with Gasteiger partial charge in [0.15, 0.2) is 10.8 Å². The summed E-state index contributed by atoms with van der Waals surface area (Å²) in [5.41, 5.74) is 1.65. The second kappa shape index (κ2) is 9.29. The van der Waals surface area contributed by atoms with Crippen molar-refractivity contribution in [2.45, 2.75) is 26.3 Å². The Morgan fingerprint density at radius 2 is 1.94 bits per heavy atom. The quantitative estimate of drug-likeness (QED) is 0.467. The Balaban J connectivity index is 1.45. The fourth-order valence-electron chi connectivity index (χ4n) is 3.93. The minimum Gasteiger partial charge on any atom is -0.378 e. The molecule has 1 fully saturated rings. The molecule has 1 aliphatic heterocycles. The van der Waals surface area contributed by atoms with Gasteiger partial charge in [0.25, 0.3) is 11.5 Å². The topological polar surface area (TPSA) is 89.3 Å². The van der Waals surface area contributed by atoms with Crippen molar-refractivity contribution in [3.63, 3.8) is 0 Å². The molecule has 3 heterocycles. The summed E-state index contributed by atoms with van der Waals surface area (Å²) in [6.07, 6.45) is 1.75. The summed E-state index contributed by atoms with van der Waals surface area (Å²) in [6, 6.07) is 12.8. The molecule has 0 bridgehead atoms. The number of nitrogens with one attached hydrogen (secondary N) is 1. The highest BCUT2D eigenvalue weighted by Crippen LogP contribution is 2.31. The van der Waals surface area contributed by atoms with Crippen molar-refractivity contribution < 1.29 is 9.53 Å². The lowest BCUT2D eigenvalue weighted by Crippen LogP contribution is -2.36. The van der Waals surface area contributed by atoms with Gasteiger partial charge in [-0.15, -0.1) is 0 Å². The van der Waals surface area contributed by atoms with Gasteiger partial charge in [0, 0.05) is 30.7 Å². The fraction of sp³-hybridized carbons (Fsp3) is 0.333. The number of hydrogen-bond acceptors (Lipinski definition) is 7. The maximum absolute atomic E-state index is 13.2. The smallest absolute Gasteiger partial charge is 0.276 e. The number of morpholine rings is 1. The first-order valence-corrected chi connectivity index (χ1v) is 12.0. The van der Waals surface area contributed by atoms with Crippen LogP contribution in [0.1, 0.15) is 30.3 Å². The van der Waals surface area contributed by atoms with Gasteiger partial charge in [0.05, 0.1) is 28.8 Å². The molecule has 0 unspecified atom stereocenters. The maximum Gasteiger partial charge on any atom is 0.276 e. The molecule has 5 rings (SSSR count). The number of amides is 1. The first-order chi connectivity index (χ1) is 16.1. The Morgan fingerprint density at radius 1 is 1.15 bits per heavy atom. The summed E-state index contributed by atoms with van der Waals surface area (Å²) in [6.45, 7) is 5.61. The summed E-state index contributed by atoms with van der Waals surface area (Å²) in [5, 5.41) is 9.41. The van der Waals surface area contributed by atoms with E-state index >= 15 is 0 Å². The molecule has 170 valence electrons. The average molecular weight is 464 g/mol. The fourth-order valence-corrected chi connectivity index (χ4v) is 4.99.